The van der Waals surface area contributed by atoms with Gasteiger partial charge in [0, 0.05) is 25.2 Å². The Kier molecular flexibility index (Phi) is 4.55. The number of halogens is 1. The minimum atomic E-state index is -0.225. The number of hydrogen-bond donors (Lipinski definition) is 1. The third-order valence-electron chi connectivity index (χ3n) is 2.24. The van der Waals surface area contributed by atoms with E-state index in [1.807, 2.05) is 6.92 Å². The van der Waals surface area contributed by atoms with E-state index in [0.717, 1.165) is 6.42 Å². The summed E-state index contributed by atoms with van der Waals surface area (Å²) < 4.78 is 0. The second-order valence-corrected chi connectivity index (χ2v) is 4.43. The van der Waals surface area contributed by atoms with Gasteiger partial charge in [-0.3, -0.25) is 9.78 Å². The molecule has 1 unspecified atom stereocenters. The minimum Gasteiger partial charge on any atom is -0.505 e. The fourth-order valence-corrected chi connectivity index (χ4v) is 1.34. The average molecular weight is 243 g/mol. The summed E-state index contributed by atoms with van der Waals surface area (Å²) >= 11 is 5.81. The van der Waals surface area contributed by atoms with Crippen LogP contribution in [-0.2, 0) is 0 Å². The van der Waals surface area contributed by atoms with Gasteiger partial charge < -0.3 is 10.0 Å². The van der Waals surface area contributed by atoms with Crippen molar-refractivity contribution in [3.63, 3.8) is 0 Å². The molecule has 1 amide bonds. The third-order valence-corrected chi connectivity index (χ3v) is 2.46. The minimum absolute atomic E-state index is 0.0290. The zero-order chi connectivity index (χ0) is 12.1. The van der Waals surface area contributed by atoms with Gasteiger partial charge in [-0.2, -0.15) is 0 Å². The van der Waals surface area contributed by atoms with E-state index in [-0.39, 0.29) is 22.6 Å². The van der Waals surface area contributed by atoms with Crippen molar-refractivity contribution in [3.8, 4) is 5.75 Å². The Bertz CT molecular complexity index is 369. The molecule has 0 spiro atoms. The van der Waals surface area contributed by atoms with Crippen molar-refractivity contribution >= 4 is 17.5 Å². The fraction of sp³-hybridized carbons (Fsp3) is 0.455. The number of carbonyl (C=O) groups is 1. The van der Waals surface area contributed by atoms with Crippen LogP contribution >= 0.6 is 11.6 Å². The predicted molar refractivity (Wildman–Crippen MR) is 62.8 cm³/mol. The molecule has 0 fully saturated rings. The third kappa shape index (κ3) is 3.38. The van der Waals surface area contributed by atoms with E-state index in [4.69, 9.17) is 11.6 Å². The van der Waals surface area contributed by atoms with Gasteiger partial charge in [-0.15, -0.1) is 11.6 Å². The van der Waals surface area contributed by atoms with Crippen molar-refractivity contribution in [2.24, 2.45) is 0 Å². The number of alkyl halides is 1. The molecule has 0 saturated carbocycles. The first-order valence-corrected chi connectivity index (χ1v) is 5.48. The largest absolute Gasteiger partial charge is 0.505 e. The van der Waals surface area contributed by atoms with Crippen LogP contribution in [0.2, 0.25) is 0 Å². The SMILES string of the molecule is CC(Cl)CCN(C)C(=O)c1ccncc1O. The van der Waals surface area contributed by atoms with Crippen molar-refractivity contribution in [3.05, 3.63) is 24.0 Å². The summed E-state index contributed by atoms with van der Waals surface area (Å²) in [7, 11) is 1.68. The van der Waals surface area contributed by atoms with E-state index >= 15 is 0 Å². The highest BCUT2D eigenvalue weighted by molar-refractivity contribution is 6.20. The molecule has 0 saturated heterocycles. The summed E-state index contributed by atoms with van der Waals surface area (Å²) in [4.78, 5) is 17.1. The maximum absolute atomic E-state index is 11.9. The monoisotopic (exact) mass is 242 g/mol. The van der Waals surface area contributed by atoms with Crippen molar-refractivity contribution in [2.45, 2.75) is 18.7 Å². The number of aromatic hydroxyl groups is 1. The number of amides is 1. The van der Waals surface area contributed by atoms with Gasteiger partial charge in [0.25, 0.3) is 5.91 Å². The summed E-state index contributed by atoms with van der Waals surface area (Å²) in [5, 5.41) is 9.50. The lowest BCUT2D eigenvalue weighted by atomic mass is 10.2. The van der Waals surface area contributed by atoms with Crippen LogP contribution in [-0.4, -0.2) is 39.9 Å². The molecule has 1 atom stereocenters. The van der Waals surface area contributed by atoms with Crippen LogP contribution in [0.4, 0.5) is 0 Å². The molecule has 1 N–H and O–H groups in total. The molecule has 1 aromatic rings. The average Bonchev–Trinajstić information content (AvgIpc) is 2.25. The fourth-order valence-electron chi connectivity index (χ4n) is 1.25. The van der Waals surface area contributed by atoms with Gasteiger partial charge in [-0.1, -0.05) is 0 Å². The molecule has 0 aliphatic carbocycles. The Hall–Kier alpha value is -1.29. The predicted octanol–water partition coefficient (Wildman–Crippen LogP) is 1.88. The van der Waals surface area contributed by atoms with Crippen LogP contribution in [0, 0.1) is 0 Å². The second kappa shape index (κ2) is 5.70. The zero-order valence-corrected chi connectivity index (χ0v) is 10.1. The Labute approximate surface area is 99.9 Å². The topological polar surface area (TPSA) is 53.4 Å². The number of pyridine rings is 1. The van der Waals surface area contributed by atoms with E-state index in [2.05, 4.69) is 4.98 Å². The van der Waals surface area contributed by atoms with Crippen molar-refractivity contribution in [1.82, 2.24) is 9.88 Å². The molecular formula is C11H15ClN2O2. The van der Waals surface area contributed by atoms with Crippen LogP contribution in [0.1, 0.15) is 23.7 Å². The Balaban J connectivity index is 2.67. The molecule has 16 heavy (non-hydrogen) atoms. The number of rotatable bonds is 4. The molecule has 5 heteroatoms. The lowest BCUT2D eigenvalue weighted by Gasteiger charge is -2.18. The quantitative estimate of drug-likeness (QED) is 0.821. The second-order valence-electron chi connectivity index (χ2n) is 3.69. The van der Waals surface area contributed by atoms with Gasteiger partial charge in [0.15, 0.2) is 0 Å². The lowest BCUT2D eigenvalue weighted by Crippen LogP contribution is -2.28. The molecule has 4 nitrogen and oxygen atoms in total. The molecule has 1 rings (SSSR count). The van der Waals surface area contributed by atoms with Crippen LogP contribution in [0.25, 0.3) is 0 Å². The van der Waals surface area contributed by atoms with Crippen molar-refractivity contribution in [1.29, 1.82) is 0 Å². The van der Waals surface area contributed by atoms with Gasteiger partial charge in [0.05, 0.1) is 11.8 Å². The first kappa shape index (κ1) is 12.8. The highest BCUT2D eigenvalue weighted by atomic mass is 35.5. The molecule has 88 valence electrons. The Morgan fingerprint density at radius 1 is 1.69 bits per heavy atom. The highest BCUT2D eigenvalue weighted by Crippen LogP contribution is 2.16. The molecule has 1 heterocycles. The first-order valence-electron chi connectivity index (χ1n) is 5.05. The van der Waals surface area contributed by atoms with Crippen molar-refractivity contribution < 1.29 is 9.90 Å². The number of aromatic nitrogens is 1. The molecule has 0 aliphatic rings. The van der Waals surface area contributed by atoms with Gasteiger partial charge in [0.1, 0.15) is 5.75 Å². The standard InChI is InChI=1S/C11H15ClN2O2/c1-8(12)4-6-14(2)11(16)9-3-5-13-7-10(9)15/h3,5,7-8,15H,4,6H2,1-2H3. The lowest BCUT2D eigenvalue weighted by molar-refractivity contribution is 0.0790. The molecule has 1 aromatic heterocycles. The van der Waals surface area contributed by atoms with Crippen LogP contribution < -0.4 is 0 Å². The van der Waals surface area contributed by atoms with Crippen molar-refractivity contribution in [2.75, 3.05) is 13.6 Å². The smallest absolute Gasteiger partial charge is 0.257 e. The molecule has 0 aromatic carbocycles. The normalized spacial score (nSPS) is 12.2. The molecule has 0 aliphatic heterocycles. The van der Waals surface area contributed by atoms with Gasteiger partial charge in [0.2, 0.25) is 0 Å². The van der Waals surface area contributed by atoms with Gasteiger partial charge in [-0.05, 0) is 19.4 Å². The first-order chi connectivity index (χ1) is 7.52. The summed E-state index contributed by atoms with van der Waals surface area (Å²) in [6.07, 6.45) is 3.45. The Morgan fingerprint density at radius 2 is 2.38 bits per heavy atom. The van der Waals surface area contributed by atoms with Crippen LogP contribution in [0.3, 0.4) is 0 Å². The summed E-state index contributed by atoms with van der Waals surface area (Å²) in [5.74, 6) is -0.324. The van der Waals surface area contributed by atoms with Crippen LogP contribution in [0.5, 0.6) is 5.75 Å². The summed E-state index contributed by atoms with van der Waals surface area (Å²) in [5.41, 5.74) is 0.264. The van der Waals surface area contributed by atoms with Crippen LogP contribution in [0.15, 0.2) is 18.5 Å². The highest BCUT2D eigenvalue weighted by Gasteiger charge is 2.15. The molecule has 0 radical (unpaired) electrons. The summed E-state index contributed by atoms with van der Waals surface area (Å²) in [6, 6.07) is 1.50. The van der Waals surface area contributed by atoms with E-state index < -0.39 is 0 Å². The maximum atomic E-state index is 11.9. The van der Waals surface area contributed by atoms with E-state index in [0.29, 0.717) is 6.54 Å². The zero-order valence-electron chi connectivity index (χ0n) is 9.35. The van der Waals surface area contributed by atoms with E-state index in [1.54, 1.807) is 7.05 Å². The molecule has 0 bridgehead atoms. The molecular weight excluding hydrogens is 228 g/mol. The van der Waals surface area contributed by atoms with E-state index in [9.17, 15) is 9.90 Å². The number of nitrogens with zero attached hydrogens (tertiary/aromatic N) is 2. The van der Waals surface area contributed by atoms with E-state index in [1.165, 1.54) is 23.4 Å². The van der Waals surface area contributed by atoms with Gasteiger partial charge in [-0.25, -0.2) is 0 Å². The Morgan fingerprint density at radius 3 is 2.94 bits per heavy atom. The number of carbonyl (C=O) groups excluding carboxylic acids is 1. The summed E-state index contributed by atoms with van der Waals surface area (Å²) in [6.45, 7) is 2.44. The number of hydrogen-bond acceptors (Lipinski definition) is 3. The van der Waals surface area contributed by atoms with Gasteiger partial charge >= 0.3 is 0 Å². The maximum Gasteiger partial charge on any atom is 0.257 e.